The summed E-state index contributed by atoms with van der Waals surface area (Å²) >= 11 is 0. The number of hydrogen-bond acceptors (Lipinski definition) is 6. The van der Waals surface area contributed by atoms with E-state index in [1.807, 2.05) is 56.2 Å². The Balaban J connectivity index is 1.71. The number of anilines is 1. The first-order chi connectivity index (χ1) is 15.3. The van der Waals surface area contributed by atoms with Gasteiger partial charge in [-0.3, -0.25) is 4.79 Å². The van der Waals surface area contributed by atoms with Gasteiger partial charge in [0.15, 0.2) is 11.5 Å². The molecule has 1 aliphatic heterocycles. The van der Waals surface area contributed by atoms with Gasteiger partial charge in [-0.25, -0.2) is 9.37 Å². The molecule has 0 saturated carbocycles. The molecule has 3 aromatic rings. The van der Waals surface area contributed by atoms with Crippen LogP contribution in [0.3, 0.4) is 0 Å². The second-order valence-electron chi connectivity index (χ2n) is 8.30. The van der Waals surface area contributed by atoms with Gasteiger partial charge in [-0.1, -0.05) is 0 Å². The Kier molecular flexibility index (Phi) is 6.14. The average Bonchev–Trinajstić information content (AvgIpc) is 3.21. The fourth-order valence-electron chi connectivity index (χ4n) is 3.65. The highest BCUT2D eigenvalue weighted by Gasteiger charge is 2.21. The molecular weight excluding hydrogens is 411 g/mol. The van der Waals surface area contributed by atoms with Crippen molar-refractivity contribution < 1.29 is 18.7 Å². The van der Waals surface area contributed by atoms with Crippen LogP contribution >= 0.6 is 0 Å². The molecule has 1 aliphatic rings. The van der Waals surface area contributed by atoms with Crippen molar-refractivity contribution >= 4 is 22.6 Å². The van der Waals surface area contributed by atoms with Gasteiger partial charge < -0.3 is 24.2 Å². The summed E-state index contributed by atoms with van der Waals surface area (Å²) in [5, 5.41) is 0.914. The van der Waals surface area contributed by atoms with Crippen LogP contribution in [0.5, 0.6) is 11.5 Å². The SMILES string of the molecule is CN(C)CCN(Cc1cc2cc3c(cc2nc1N(C)C)OCO3)C(=O)c1ccc(F)cc1. The normalized spacial score (nSPS) is 12.4. The maximum Gasteiger partial charge on any atom is 0.254 e. The van der Waals surface area contributed by atoms with Crippen LogP contribution in [0.1, 0.15) is 15.9 Å². The fourth-order valence-corrected chi connectivity index (χ4v) is 3.65. The van der Waals surface area contributed by atoms with Crippen LogP contribution < -0.4 is 14.4 Å². The number of likely N-dealkylation sites (N-methyl/N-ethyl adjacent to an activating group) is 1. The van der Waals surface area contributed by atoms with Crippen molar-refractivity contribution in [2.75, 3.05) is 53.0 Å². The molecule has 4 rings (SSSR count). The lowest BCUT2D eigenvalue weighted by Crippen LogP contribution is -2.36. The van der Waals surface area contributed by atoms with Crippen LogP contribution in [0.15, 0.2) is 42.5 Å². The van der Waals surface area contributed by atoms with Crippen LogP contribution in [-0.4, -0.2) is 68.8 Å². The molecule has 1 aromatic heterocycles. The third-order valence-corrected chi connectivity index (χ3v) is 5.35. The minimum absolute atomic E-state index is 0.151. The first-order valence-corrected chi connectivity index (χ1v) is 10.4. The van der Waals surface area contributed by atoms with Gasteiger partial charge in [0.2, 0.25) is 6.79 Å². The predicted octanol–water partition coefficient (Wildman–Crippen LogP) is 3.37. The highest BCUT2D eigenvalue weighted by molar-refractivity contribution is 5.94. The fraction of sp³-hybridized carbons (Fsp3) is 0.333. The maximum absolute atomic E-state index is 13.4. The smallest absolute Gasteiger partial charge is 0.254 e. The summed E-state index contributed by atoms with van der Waals surface area (Å²) < 4.78 is 24.4. The molecule has 0 bridgehead atoms. The highest BCUT2D eigenvalue weighted by atomic mass is 19.1. The quantitative estimate of drug-likeness (QED) is 0.564. The molecule has 0 saturated heterocycles. The molecule has 32 heavy (non-hydrogen) atoms. The summed E-state index contributed by atoms with van der Waals surface area (Å²) in [6, 6.07) is 11.5. The van der Waals surface area contributed by atoms with Crippen molar-refractivity contribution in [3.8, 4) is 11.5 Å². The lowest BCUT2D eigenvalue weighted by molar-refractivity contribution is 0.0732. The third kappa shape index (κ3) is 4.60. The van der Waals surface area contributed by atoms with E-state index < -0.39 is 0 Å². The van der Waals surface area contributed by atoms with E-state index in [9.17, 15) is 9.18 Å². The zero-order valence-corrected chi connectivity index (χ0v) is 18.8. The maximum atomic E-state index is 13.4. The Morgan fingerprint density at radius 3 is 2.34 bits per heavy atom. The van der Waals surface area contributed by atoms with Crippen molar-refractivity contribution in [1.29, 1.82) is 0 Å². The number of carbonyl (C=O) groups is 1. The number of fused-ring (bicyclic) bond motifs is 2. The summed E-state index contributed by atoms with van der Waals surface area (Å²) in [5.41, 5.74) is 2.16. The van der Waals surface area contributed by atoms with Crippen molar-refractivity contribution in [2.24, 2.45) is 0 Å². The van der Waals surface area contributed by atoms with Crippen molar-refractivity contribution in [2.45, 2.75) is 6.54 Å². The van der Waals surface area contributed by atoms with Crippen LogP contribution in [-0.2, 0) is 6.54 Å². The summed E-state index contributed by atoms with van der Waals surface area (Å²) in [6.45, 7) is 1.79. The average molecular weight is 439 g/mol. The van der Waals surface area contributed by atoms with Gasteiger partial charge in [0.05, 0.1) is 5.52 Å². The molecule has 0 N–H and O–H groups in total. The summed E-state index contributed by atoms with van der Waals surface area (Å²) in [4.78, 5) is 23.9. The number of hydrogen-bond donors (Lipinski definition) is 0. The second kappa shape index (κ2) is 9.00. The molecule has 0 unspecified atom stereocenters. The summed E-state index contributed by atoms with van der Waals surface area (Å²) in [6.07, 6.45) is 0. The highest BCUT2D eigenvalue weighted by Crippen LogP contribution is 2.37. The third-order valence-electron chi connectivity index (χ3n) is 5.35. The van der Waals surface area contributed by atoms with Crippen LogP contribution in [0.4, 0.5) is 10.2 Å². The van der Waals surface area contributed by atoms with Crippen LogP contribution in [0.2, 0.25) is 0 Å². The summed E-state index contributed by atoms with van der Waals surface area (Å²) in [7, 11) is 7.78. The molecule has 0 radical (unpaired) electrons. The van der Waals surface area contributed by atoms with E-state index in [0.29, 0.717) is 36.7 Å². The first kappa shape index (κ1) is 21.8. The van der Waals surface area contributed by atoms with E-state index in [1.54, 1.807) is 4.90 Å². The van der Waals surface area contributed by atoms with E-state index in [0.717, 1.165) is 22.3 Å². The Bertz CT molecular complexity index is 1130. The Morgan fingerprint density at radius 2 is 1.69 bits per heavy atom. The standard InChI is InChI=1S/C24H27FN4O3/c1-27(2)9-10-29(24(30)16-5-7-19(25)8-6-16)14-18-11-17-12-21-22(32-15-31-21)13-20(17)26-23(18)28(3)4/h5-8,11-13H,9-10,14-15H2,1-4H3. The van der Waals surface area contributed by atoms with Gasteiger partial charge in [0, 0.05) is 56.3 Å². The molecule has 7 nitrogen and oxygen atoms in total. The molecule has 168 valence electrons. The summed E-state index contributed by atoms with van der Waals surface area (Å²) in [5.74, 6) is 1.63. The van der Waals surface area contributed by atoms with Gasteiger partial charge in [-0.2, -0.15) is 0 Å². The number of rotatable bonds is 7. The zero-order chi connectivity index (χ0) is 22.8. The van der Waals surface area contributed by atoms with Gasteiger partial charge in [-0.05, 0) is 50.5 Å². The Morgan fingerprint density at radius 1 is 1.00 bits per heavy atom. The largest absolute Gasteiger partial charge is 0.454 e. The molecule has 2 heterocycles. The molecule has 0 spiro atoms. The topological polar surface area (TPSA) is 58.1 Å². The number of benzene rings is 2. The Hall–Kier alpha value is -3.39. The van der Waals surface area contributed by atoms with E-state index in [-0.39, 0.29) is 18.5 Å². The lowest BCUT2D eigenvalue weighted by atomic mass is 10.1. The molecule has 1 amide bonds. The van der Waals surface area contributed by atoms with E-state index >= 15 is 0 Å². The molecule has 2 aromatic carbocycles. The van der Waals surface area contributed by atoms with Crippen molar-refractivity contribution in [1.82, 2.24) is 14.8 Å². The molecular formula is C24H27FN4O3. The van der Waals surface area contributed by atoms with E-state index in [1.165, 1.54) is 24.3 Å². The van der Waals surface area contributed by atoms with Gasteiger partial charge >= 0.3 is 0 Å². The van der Waals surface area contributed by atoms with Crippen molar-refractivity contribution in [3.05, 3.63) is 59.4 Å². The molecule has 8 heteroatoms. The second-order valence-corrected chi connectivity index (χ2v) is 8.30. The van der Waals surface area contributed by atoms with Gasteiger partial charge in [0.1, 0.15) is 11.6 Å². The number of nitrogens with zero attached hydrogens (tertiary/aromatic N) is 4. The number of pyridine rings is 1. The minimum atomic E-state index is -0.367. The molecule has 0 aliphatic carbocycles. The molecule has 0 atom stereocenters. The first-order valence-electron chi connectivity index (χ1n) is 10.4. The minimum Gasteiger partial charge on any atom is -0.454 e. The lowest BCUT2D eigenvalue weighted by Gasteiger charge is -2.27. The number of ether oxygens (including phenoxy) is 2. The number of halogens is 1. The van der Waals surface area contributed by atoms with Crippen LogP contribution in [0.25, 0.3) is 10.9 Å². The van der Waals surface area contributed by atoms with Gasteiger partial charge in [0.25, 0.3) is 5.91 Å². The van der Waals surface area contributed by atoms with E-state index in [4.69, 9.17) is 14.5 Å². The number of amides is 1. The van der Waals surface area contributed by atoms with E-state index in [2.05, 4.69) is 0 Å². The van der Waals surface area contributed by atoms with Crippen LogP contribution in [0, 0.1) is 5.82 Å². The molecule has 0 fully saturated rings. The predicted molar refractivity (Wildman–Crippen MR) is 122 cm³/mol. The number of aromatic nitrogens is 1. The zero-order valence-electron chi connectivity index (χ0n) is 18.8. The van der Waals surface area contributed by atoms with Crippen molar-refractivity contribution in [3.63, 3.8) is 0 Å². The number of carbonyl (C=O) groups excluding carboxylic acids is 1. The Labute approximate surface area is 187 Å². The monoisotopic (exact) mass is 438 g/mol. The van der Waals surface area contributed by atoms with Gasteiger partial charge in [-0.15, -0.1) is 0 Å².